The summed E-state index contributed by atoms with van der Waals surface area (Å²) in [6.45, 7) is 19.3. The Labute approximate surface area is 169 Å². The van der Waals surface area contributed by atoms with Gasteiger partial charge in [0.25, 0.3) is 0 Å². The maximum atomic E-state index is 9.82. The Morgan fingerprint density at radius 3 is 2.07 bits per heavy atom. The first-order chi connectivity index (χ1) is 12.7. The van der Waals surface area contributed by atoms with Gasteiger partial charge in [-0.25, -0.2) is 0 Å². The van der Waals surface area contributed by atoms with Crippen molar-refractivity contribution in [3.05, 3.63) is 47.0 Å². The molecule has 1 aromatic rings. The predicted molar refractivity (Wildman–Crippen MR) is 121 cm³/mol. The third-order valence-corrected chi connectivity index (χ3v) is 12.2. The molecule has 0 amide bonds. The van der Waals surface area contributed by atoms with Crippen LogP contribution in [0.3, 0.4) is 0 Å². The quantitative estimate of drug-likeness (QED) is 0.326. The SMILES string of the molecule is C/C(=C/CC[C@@H](CO)c1ccccc1C)CO[Si](C(C)C)(C(C)C)C(C)C. The fraction of sp³-hybridized carbons (Fsp3) is 0.667. The van der Waals surface area contributed by atoms with Gasteiger partial charge >= 0.3 is 0 Å². The summed E-state index contributed by atoms with van der Waals surface area (Å²) in [7, 11) is -1.80. The number of hydrogen-bond acceptors (Lipinski definition) is 2. The number of aryl methyl sites for hydroxylation is 1. The summed E-state index contributed by atoms with van der Waals surface area (Å²) in [6, 6.07) is 8.39. The zero-order valence-corrected chi connectivity index (χ0v) is 19.9. The molecule has 0 aromatic heterocycles. The van der Waals surface area contributed by atoms with Crippen molar-refractivity contribution in [3.63, 3.8) is 0 Å². The Hall–Kier alpha value is -0.903. The summed E-state index contributed by atoms with van der Waals surface area (Å²) in [6.07, 6.45) is 4.26. The highest BCUT2D eigenvalue weighted by atomic mass is 28.4. The molecule has 1 rings (SSSR count). The Balaban J connectivity index is 2.70. The van der Waals surface area contributed by atoms with E-state index in [1.807, 2.05) is 0 Å². The van der Waals surface area contributed by atoms with Gasteiger partial charge < -0.3 is 9.53 Å². The van der Waals surface area contributed by atoms with Gasteiger partial charge in [-0.3, -0.25) is 0 Å². The van der Waals surface area contributed by atoms with Crippen molar-refractivity contribution >= 4 is 8.32 Å². The van der Waals surface area contributed by atoms with Crippen LogP contribution in [0.2, 0.25) is 16.6 Å². The van der Waals surface area contributed by atoms with Gasteiger partial charge in [0.2, 0.25) is 8.32 Å². The normalized spacial score (nSPS) is 14.4. The zero-order valence-electron chi connectivity index (χ0n) is 18.9. The summed E-state index contributed by atoms with van der Waals surface area (Å²) < 4.78 is 6.68. The van der Waals surface area contributed by atoms with Crippen LogP contribution in [0.4, 0.5) is 0 Å². The highest BCUT2D eigenvalue weighted by molar-refractivity contribution is 6.77. The maximum Gasteiger partial charge on any atom is 0.200 e. The Morgan fingerprint density at radius 1 is 1.04 bits per heavy atom. The lowest BCUT2D eigenvalue weighted by molar-refractivity contribution is 0.259. The van der Waals surface area contributed by atoms with E-state index in [0.717, 1.165) is 19.4 Å². The van der Waals surface area contributed by atoms with E-state index < -0.39 is 8.32 Å². The van der Waals surface area contributed by atoms with E-state index in [4.69, 9.17) is 4.43 Å². The van der Waals surface area contributed by atoms with Crippen LogP contribution in [0.1, 0.15) is 78.4 Å². The van der Waals surface area contributed by atoms with Crippen LogP contribution >= 0.6 is 0 Å². The van der Waals surface area contributed by atoms with Gasteiger partial charge in [0.15, 0.2) is 0 Å². The molecule has 0 unspecified atom stereocenters. The summed E-state index contributed by atoms with van der Waals surface area (Å²) >= 11 is 0. The number of rotatable bonds is 11. The van der Waals surface area contributed by atoms with Crippen LogP contribution in [0.15, 0.2) is 35.9 Å². The molecule has 1 atom stereocenters. The Bertz CT molecular complexity index is 568. The standard InChI is InChI=1S/C24H42O2Si/c1-18(2)27(19(3)4,20(5)6)26-17-21(7)12-11-14-23(16-25)24-15-10-9-13-22(24)8/h9-10,12-13,15,18-20,23,25H,11,14,16-17H2,1-8H3/b21-12-/t23-/m0/s1. The van der Waals surface area contributed by atoms with Gasteiger partial charge in [-0.2, -0.15) is 0 Å². The van der Waals surface area contributed by atoms with E-state index in [9.17, 15) is 5.11 Å². The number of aliphatic hydroxyl groups is 1. The largest absolute Gasteiger partial charge is 0.412 e. The van der Waals surface area contributed by atoms with Crippen molar-refractivity contribution < 1.29 is 9.53 Å². The van der Waals surface area contributed by atoms with Crippen molar-refractivity contribution in [3.8, 4) is 0 Å². The van der Waals surface area contributed by atoms with Crippen LogP contribution in [0.5, 0.6) is 0 Å². The fourth-order valence-corrected chi connectivity index (χ4v) is 10.2. The molecule has 27 heavy (non-hydrogen) atoms. The van der Waals surface area contributed by atoms with Crippen LogP contribution in [-0.2, 0) is 4.43 Å². The molecule has 2 nitrogen and oxygen atoms in total. The summed E-state index contributed by atoms with van der Waals surface area (Å²) in [5, 5.41) is 9.82. The van der Waals surface area contributed by atoms with Gasteiger partial charge in [0.05, 0.1) is 6.61 Å². The third-order valence-electron chi connectivity index (χ3n) is 6.11. The molecule has 0 aliphatic carbocycles. The molecule has 3 heteroatoms. The van der Waals surface area contributed by atoms with Gasteiger partial charge in [-0.05, 0) is 54.4 Å². The van der Waals surface area contributed by atoms with Crippen molar-refractivity contribution in [2.24, 2.45) is 0 Å². The van der Waals surface area contributed by atoms with E-state index in [-0.39, 0.29) is 12.5 Å². The Kier molecular flexibility index (Phi) is 10.00. The molecule has 0 spiro atoms. The molecular formula is C24H42O2Si. The number of aliphatic hydroxyl groups excluding tert-OH is 1. The van der Waals surface area contributed by atoms with Gasteiger partial charge in [0, 0.05) is 12.5 Å². The molecule has 154 valence electrons. The van der Waals surface area contributed by atoms with Gasteiger partial charge in [-0.1, -0.05) is 77.5 Å². The van der Waals surface area contributed by atoms with Crippen LogP contribution in [0, 0.1) is 6.92 Å². The van der Waals surface area contributed by atoms with E-state index in [0.29, 0.717) is 16.6 Å². The lowest BCUT2D eigenvalue weighted by Crippen LogP contribution is -2.48. The molecule has 1 N–H and O–H groups in total. The second-order valence-electron chi connectivity index (χ2n) is 8.97. The zero-order chi connectivity index (χ0) is 20.6. The third kappa shape index (κ3) is 6.30. The molecule has 0 saturated heterocycles. The molecule has 0 bridgehead atoms. The summed E-state index contributed by atoms with van der Waals surface area (Å²) in [5.41, 5.74) is 5.70. The van der Waals surface area contributed by atoms with E-state index in [1.54, 1.807) is 0 Å². The van der Waals surface area contributed by atoms with Crippen molar-refractivity contribution in [2.75, 3.05) is 13.2 Å². The first kappa shape index (κ1) is 24.1. The average Bonchev–Trinajstić information content (AvgIpc) is 2.59. The topological polar surface area (TPSA) is 29.5 Å². The van der Waals surface area contributed by atoms with Gasteiger partial charge in [-0.15, -0.1) is 0 Å². The molecule has 0 saturated carbocycles. The monoisotopic (exact) mass is 390 g/mol. The van der Waals surface area contributed by atoms with Crippen LogP contribution < -0.4 is 0 Å². The van der Waals surface area contributed by atoms with Crippen LogP contribution in [0.25, 0.3) is 0 Å². The predicted octanol–water partition coefficient (Wildman–Crippen LogP) is 6.99. The minimum Gasteiger partial charge on any atom is -0.412 e. The summed E-state index contributed by atoms with van der Waals surface area (Å²) in [4.78, 5) is 0. The molecule has 0 aliphatic rings. The first-order valence-corrected chi connectivity index (χ1v) is 12.8. The second kappa shape index (κ2) is 11.2. The lowest BCUT2D eigenvalue weighted by atomic mass is 9.91. The number of benzene rings is 1. The summed E-state index contributed by atoms with van der Waals surface area (Å²) in [5.74, 6) is 0.214. The lowest BCUT2D eigenvalue weighted by Gasteiger charge is -2.42. The average molecular weight is 391 g/mol. The van der Waals surface area contributed by atoms with E-state index >= 15 is 0 Å². The minimum absolute atomic E-state index is 0.207. The molecule has 1 aromatic carbocycles. The maximum absolute atomic E-state index is 9.82. The van der Waals surface area contributed by atoms with Crippen molar-refractivity contribution in [1.82, 2.24) is 0 Å². The highest BCUT2D eigenvalue weighted by Crippen LogP contribution is 2.42. The molecule has 0 fully saturated rings. The highest BCUT2D eigenvalue weighted by Gasteiger charge is 2.44. The van der Waals surface area contributed by atoms with E-state index in [2.05, 4.69) is 85.7 Å². The number of hydrogen-bond donors (Lipinski definition) is 1. The fourth-order valence-electron chi connectivity index (χ4n) is 4.72. The molecule has 0 radical (unpaired) electrons. The van der Waals surface area contributed by atoms with Crippen molar-refractivity contribution in [2.45, 2.75) is 90.8 Å². The smallest absolute Gasteiger partial charge is 0.200 e. The van der Waals surface area contributed by atoms with Crippen LogP contribution in [-0.4, -0.2) is 26.6 Å². The van der Waals surface area contributed by atoms with Gasteiger partial charge in [0.1, 0.15) is 0 Å². The second-order valence-corrected chi connectivity index (χ2v) is 14.4. The van der Waals surface area contributed by atoms with E-state index in [1.165, 1.54) is 16.7 Å². The first-order valence-electron chi connectivity index (χ1n) is 10.6. The molecule has 0 aliphatic heterocycles. The molecule has 0 heterocycles. The van der Waals surface area contributed by atoms with Crippen molar-refractivity contribution in [1.29, 1.82) is 0 Å². The Morgan fingerprint density at radius 2 is 1.59 bits per heavy atom. The minimum atomic E-state index is -1.80. The number of allylic oxidation sites excluding steroid dienone is 1. The molecular weight excluding hydrogens is 348 g/mol.